The first-order chi connectivity index (χ1) is 6.29. The van der Waals surface area contributed by atoms with E-state index in [0.717, 1.165) is 12.8 Å². The molecule has 3 heteroatoms. The summed E-state index contributed by atoms with van der Waals surface area (Å²) in [4.78, 5) is 4.10. The highest BCUT2D eigenvalue weighted by atomic mass is 35.5. The number of hydrogen-bond donors (Lipinski definition) is 1. The minimum atomic E-state index is -0.470. The third-order valence-corrected chi connectivity index (χ3v) is 2.98. The molecule has 1 aromatic heterocycles. The third kappa shape index (κ3) is 1.69. The minimum Gasteiger partial charge on any atom is -0.386 e. The number of nitrogens with zero attached hydrogens (tertiary/aromatic N) is 1. The van der Waals surface area contributed by atoms with Crippen LogP contribution in [0, 0.1) is 5.92 Å². The van der Waals surface area contributed by atoms with Crippen molar-refractivity contribution in [3.05, 3.63) is 29.0 Å². The number of aliphatic hydroxyl groups is 1. The van der Waals surface area contributed by atoms with Gasteiger partial charge >= 0.3 is 0 Å². The highest BCUT2D eigenvalue weighted by molar-refractivity contribution is 6.31. The monoisotopic (exact) mass is 197 g/mol. The molecule has 1 aliphatic carbocycles. The molecule has 1 fully saturated rings. The highest BCUT2D eigenvalue weighted by Crippen LogP contribution is 2.38. The van der Waals surface area contributed by atoms with E-state index in [0.29, 0.717) is 16.6 Å². The van der Waals surface area contributed by atoms with Crippen LogP contribution in [0.4, 0.5) is 0 Å². The van der Waals surface area contributed by atoms with E-state index < -0.39 is 6.10 Å². The van der Waals surface area contributed by atoms with Gasteiger partial charge in [-0.2, -0.15) is 0 Å². The molecule has 0 bridgehead atoms. The van der Waals surface area contributed by atoms with Crippen LogP contribution >= 0.6 is 11.6 Å². The summed E-state index contributed by atoms with van der Waals surface area (Å²) in [6.45, 7) is 0. The maximum atomic E-state index is 9.87. The van der Waals surface area contributed by atoms with Crippen molar-refractivity contribution in [2.75, 3.05) is 0 Å². The van der Waals surface area contributed by atoms with Crippen molar-refractivity contribution in [3.63, 3.8) is 0 Å². The van der Waals surface area contributed by atoms with Gasteiger partial charge in [0, 0.05) is 6.20 Å². The standard InChI is InChI=1S/C10H12ClNO/c11-8-5-2-6-12-9(8)10(13)7-3-1-4-7/h2,5-7,10,13H,1,3-4H2. The molecule has 1 aromatic rings. The predicted molar refractivity (Wildman–Crippen MR) is 51.5 cm³/mol. The van der Waals surface area contributed by atoms with E-state index in [2.05, 4.69) is 4.98 Å². The van der Waals surface area contributed by atoms with Crippen LogP contribution in [0.15, 0.2) is 18.3 Å². The van der Waals surface area contributed by atoms with Gasteiger partial charge in [0.1, 0.15) is 6.10 Å². The molecule has 1 atom stereocenters. The predicted octanol–water partition coefficient (Wildman–Crippen LogP) is 2.57. The van der Waals surface area contributed by atoms with E-state index in [-0.39, 0.29) is 0 Å². The van der Waals surface area contributed by atoms with E-state index in [1.165, 1.54) is 6.42 Å². The molecular weight excluding hydrogens is 186 g/mol. The van der Waals surface area contributed by atoms with Crippen LogP contribution in [0.25, 0.3) is 0 Å². The van der Waals surface area contributed by atoms with E-state index in [1.807, 2.05) is 0 Å². The third-order valence-electron chi connectivity index (χ3n) is 2.66. The van der Waals surface area contributed by atoms with Crippen LogP contribution < -0.4 is 0 Å². The fraction of sp³-hybridized carbons (Fsp3) is 0.500. The van der Waals surface area contributed by atoms with Crippen LogP contribution in [0.1, 0.15) is 31.1 Å². The zero-order valence-electron chi connectivity index (χ0n) is 7.28. The van der Waals surface area contributed by atoms with Gasteiger partial charge in [0.2, 0.25) is 0 Å². The van der Waals surface area contributed by atoms with Crippen LogP contribution in [-0.4, -0.2) is 10.1 Å². The molecule has 0 amide bonds. The molecule has 70 valence electrons. The quantitative estimate of drug-likeness (QED) is 0.791. The van der Waals surface area contributed by atoms with Crippen molar-refractivity contribution in [1.29, 1.82) is 0 Å². The number of rotatable bonds is 2. The molecule has 1 saturated carbocycles. The maximum Gasteiger partial charge on any atom is 0.100 e. The van der Waals surface area contributed by atoms with Crippen LogP contribution in [0.5, 0.6) is 0 Å². The van der Waals surface area contributed by atoms with Gasteiger partial charge in [0.05, 0.1) is 10.7 Å². The Kier molecular flexibility index (Phi) is 2.51. The van der Waals surface area contributed by atoms with Crippen LogP contribution in [-0.2, 0) is 0 Å². The molecule has 1 aliphatic rings. The summed E-state index contributed by atoms with van der Waals surface area (Å²) in [5.41, 5.74) is 0.633. The Morgan fingerprint density at radius 2 is 2.31 bits per heavy atom. The van der Waals surface area contributed by atoms with Gasteiger partial charge in [-0.15, -0.1) is 0 Å². The number of pyridine rings is 1. The Balaban J connectivity index is 2.18. The second-order valence-corrected chi connectivity index (χ2v) is 3.91. The van der Waals surface area contributed by atoms with Crippen molar-refractivity contribution in [2.24, 2.45) is 5.92 Å². The molecule has 1 unspecified atom stereocenters. The largest absolute Gasteiger partial charge is 0.386 e. The minimum absolute atomic E-state index is 0.368. The van der Waals surface area contributed by atoms with E-state index in [4.69, 9.17) is 11.6 Å². The lowest BCUT2D eigenvalue weighted by Gasteiger charge is -2.30. The van der Waals surface area contributed by atoms with Crippen LogP contribution in [0.3, 0.4) is 0 Å². The van der Waals surface area contributed by atoms with Gasteiger partial charge in [-0.3, -0.25) is 4.98 Å². The molecule has 1 N–H and O–H groups in total. The van der Waals surface area contributed by atoms with Crippen molar-refractivity contribution in [2.45, 2.75) is 25.4 Å². The molecule has 0 aliphatic heterocycles. The number of aliphatic hydroxyl groups excluding tert-OH is 1. The zero-order chi connectivity index (χ0) is 9.26. The Morgan fingerprint density at radius 3 is 2.85 bits per heavy atom. The SMILES string of the molecule is OC(c1ncccc1Cl)C1CCC1. The average molecular weight is 198 g/mol. The molecule has 1 heterocycles. The summed E-state index contributed by atoms with van der Waals surface area (Å²) >= 11 is 5.92. The van der Waals surface area contributed by atoms with Crippen molar-refractivity contribution in [1.82, 2.24) is 4.98 Å². The molecule has 0 spiro atoms. The summed E-state index contributed by atoms with van der Waals surface area (Å²) in [6.07, 6.45) is 4.60. The van der Waals surface area contributed by atoms with E-state index in [9.17, 15) is 5.11 Å². The molecule has 0 aromatic carbocycles. The van der Waals surface area contributed by atoms with Gasteiger partial charge in [-0.25, -0.2) is 0 Å². The number of halogens is 1. The normalized spacial score (nSPS) is 19.5. The Bertz CT molecular complexity index is 299. The first-order valence-corrected chi connectivity index (χ1v) is 4.95. The smallest absolute Gasteiger partial charge is 0.100 e. The van der Waals surface area contributed by atoms with Crippen molar-refractivity contribution in [3.8, 4) is 0 Å². The van der Waals surface area contributed by atoms with E-state index >= 15 is 0 Å². The Morgan fingerprint density at radius 1 is 1.54 bits per heavy atom. The molecule has 2 nitrogen and oxygen atoms in total. The first kappa shape index (κ1) is 8.97. The van der Waals surface area contributed by atoms with Crippen molar-refractivity contribution >= 4 is 11.6 Å². The summed E-state index contributed by atoms with van der Waals surface area (Å²) in [7, 11) is 0. The van der Waals surface area contributed by atoms with Gasteiger partial charge in [0.25, 0.3) is 0 Å². The fourth-order valence-corrected chi connectivity index (χ4v) is 1.83. The average Bonchev–Trinajstić information content (AvgIpc) is 2.01. The number of aromatic nitrogens is 1. The highest BCUT2D eigenvalue weighted by Gasteiger charge is 2.28. The molecule has 2 rings (SSSR count). The van der Waals surface area contributed by atoms with Gasteiger partial charge in [-0.1, -0.05) is 18.0 Å². The maximum absolute atomic E-state index is 9.87. The summed E-state index contributed by atoms with van der Waals surface area (Å²) in [5.74, 6) is 0.368. The zero-order valence-corrected chi connectivity index (χ0v) is 8.04. The lowest BCUT2D eigenvalue weighted by atomic mass is 9.80. The lowest BCUT2D eigenvalue weighted by molar-refractivity contribution is 0.0588. The molecule has 0 radical (unpaired) electrons. The Hall–Kier alpha value is -0.600. The van der Waals surface area contributed by atoms with Gasteiger partial charge < -0.3 is 5.11 Å². The molecular formula is C10H12ClNO. The molecule has 0 saturated heterocycles. The summed E-state index contributed by atoms with van der Waals surface area (Å²) in [5, 5.41) is 10.4. The Labute approximate surface area is 82.6 Å². The van der Waals surface area contributed by atoms with Gasteiger partial charge in [-0.05, 0) is 30.9 Å². The summed E-state index contributed by atoms with van der Waals surface area (Å²) < 4.78 is 0. The second kappa shape index (κ2) is 3.64. The first-order valence-electron chi connectivity index (χ1n) is 4.57. The van der Waals surface area contributed by atoms with E-state index in [1.54, 1.807) is 18.3 Å². The molecule has 13 heavy (non-hydrogen) atoms. The topological polar surface area (TPSA) is 33.1 Å². The van der Waals surface area contributed by atoms with Crippen LogP contribution in [0.2, 0.25) is 5.02 Å². The summed E-state index contributed by atoms with van der Waals surface area (Å²) in [6, 6.07) is 3.55. The fourth-order valence-electron chi connectivity index (χ4n) is 1.59. The second-order valence-electron chi connectivity index (χ2n) is 3.51. The lowest BCUT2D eigenvalue weighted by Crippen LogP contribution is -2.21. The van der Waals surface area contributed by atoms with Gasteiger partial charge in [0.15, 0.2) is 0 Å². The van der Waals surface area contributed by atoms with Crippen molar-refractivity contribution < 1.29 is 5.11 Å². The number of hydrogen-bond acceptors (Lipinski definition) is 2.